The zero-order chi connectivity index (χ0) is 14.3. The van der Waals surface area contributed by atoms with Crippen LogP contribution in [0.15, 0.2) is 24.3 Å². The molecule has 0 atom stereocenters. The molecular weight excluding hydrogens is 244 g/mol. The van der Waals surface area contributed by atoms with Crippen molar-refractivity contribution in [3.05, 3.63) is 35.4 Å². The van der Waals surface area contributed by atoms with Gasteiger partial charge in [0, 0.05) is 13.1 Å². The van der Waals surface area contributed by atoms with Gasteiger partial charge >= 0.3 is 5.97 Å². The monoisotopic (exact) mass is 264 g/mol. The molecular formula is C14H20N2O3. The quantitative estimate of drug-likeness (QED) is 0.782. The molecule has 1 aromatic rings. The standard InChI is InChI=1S/C14H20N2O3/c1-3-16(4-2)10-9-15-13(17)11-7-5-6-8-12(11)14(18)19/h5-8H,3-4,9-10H2,1-2H3,(H,15,17)(H,18,19). The van der Waals surface area contributed by atoms with Crippen LogP contribution in [0.1, 0.15) is 34.6 Å². The van der Waals surface area contributed by atoms with Crippen molar-refractivity contribution in [1.29, 1.82) is 0 Å². The summed E-state index contributed by atoms with van der Waals surface area (Å²) < 4.78 is 0. The number of hydrogen-bond donors (Lipinski definition) is 2. The van der Waals surface area contributed by atoms with Gasteiger partial charge in [0.1, 0.15) is 0 Å². The molecule has 0 aliphatic heterocycles. The van der Waals surface area contributed by atoms with Crippen LogP contribution in [0.2, 0.25) is 0 Å². The molecule has 0 aromatic heterocycles. The van der Waals surface area contributed by atoms with Gasteiger partial charge in [-0.3, -0.25) is 4.79 Å². The number of nitrogens with zero attached hydrogens (tertiary/aromatic N) is 1. The number of amides is 1. The van der Waals surface area contributed by atoms with Crippen LogP contribution in [0, 0.1) is 0 Å². The number of carboxylic acid groups (broad SMARTS) is 1. The normalized spacial score (nSPS) is 10.5. The fourth-order valence-corrected chi connectivity index (χ4v) is 1.83. The van der Waals surface area contributed by atoms with Crippen LogP contribution in [-0.2, 0) is 0 Å². The first-order chi connectivity index (χ1) is 9.10. The highest BCUT2D eigenvalue weighted by Gasteiger charge is 2.15. The number of benzene rings is 1. The Labute approximate surface area is 113 Å². The van der Waals surface area contributed by atoms with Crippen LogP contribution in [0.5, 0.6) is 0 Å². The van der Waals surface area contributed by atoms with E-state index in [-0.39, 0.29) is 17.0 Å². The molecule has 0 saturated heterocycles. The third-order valence-electron chi connectivity index (χ3n) is 3.01. The van der Waals surface area contributed by atoms with Crippen LogP contribution in [0.3, 0.4) is 0 Å². The molecule has 0 radical (unpaired) electrons. The van der Waals surface area contributed by atoms with Gasteiger partial charge in [-0.15, -0.1) is 0 Å². The summed E-state index contributed by atoms with van der Waals surface area (Å²) in [5.74, 6) is -1.43. The molecule has 0 aliphatic rings. The third kappa shape index (κ3) is 4.37. The fraction of sp³-hybridized carbons (Fsp3) is 0.429. The molecule has 5 heteroatoms. The number of aromatic carboxylic acids is 1. The van der Waals surface area contributed by atoms with Gasteiger partial charge < -0.3 is 15.3 Å². The van der Waals surface area contributed by atoms with E-state index in [4.69, 9.17) is 5.11 Å². The molecule has 0 unspecified atom stereocenters. The Bertz CT molecular complexity index is 442. The Kier molecular flexibility index (Phi) is 6.02. The van der Waals surface area contributed by atoms with Gasteiger partial charge in [0.05, 0.1) is 11.1 Å². The van der Waals surface area contributed by atoms with Gasteiger partial charge in [0.2, 0.25) is 0 Å². The van der Waals surface area contributed by atoms with Gasteiger partial charge in [0.25, 0.3) is 5.91 Å². The average molecular weight is 264 g/mol. The molecule has 1 aromatic carbocycles. The lowest BCUT2D eigenvalue weighted by Gasteiger charge is -2.18. The van der Waals surface area contributed by atoms with Gasteiger partial charge in [-0.05, 0) is 25.2 Å². The maximum Gasteiger partial charge on any atom is 0.336 e. The molecule has 1 rings (SSSR count). The summed E-state index contributed by atoms with van der Waals surface area (Å²) in [5, 5.41) is 11.8. The molecule has 1 amide bonds. The number of rotatable bonds is 7. The fourth-order valence-electron chi connectivity index (χ4n) is 1.83. The SMILES string of the molecule is CCN(CC)CCNC(=O)c1ccccc1C(=O)O. The Morgan fingerprint density at radius 3 is 2.26 bits per heavy atom. The lowest BCUT2D eigenvalue weighted by atomic mass is 10.1. The Morgan fingerprint density at radius 1 is 1.16 bits per heavy atom. The minimum absolute atomic E-state index is 0.0304. The first-order valence-electron chi connectivity index (χ1n) is 6.43. The van der Waals surface area contributed by atoms with E-state index in [0.717, 1.165) is 19.6 Å². The number of nitrogens with one attached hydrogen (secondary N) is 1. The lowest BCUT2D eigenvalue weighted by Crippen LogP contribution is -2.35. The van der Waals surface area contributed by atoms with Crippen molar-refractivity contribution in [2.24, 2.45) is 0 Å². The Hall–Kier alpha value is -1.88. The largest absolute Gasteiger partial charge is 0.478 e. The van der Waals surface area contributed by atoms with E-state index < -0.39 is 5.97 Å². The summed E-state index contributed by atoms with van der Waals surface area (Å²) in [6.07, 6.45) is 0. The van der Waals surface area contributed by atoms with Crippen LogP contribution >= 0.6 is 0 Å². The molecule has 5 nitrogen and oxygen atoms in total. The summed E-state index contributed by atoms with van der Waals surface area (Å²) in [6, 6.07) is 6.22. The second-order valence-electron chi connectivity index (χ2n) is 4.13. The maximum atomic E-state index is 11.9. The number of carboxylic acids is 1. The molecule has 19 heavy (non-hydrogen) atoms. The van der Waals surface area contributed by atoms with Gasteiger partial charge in [0.15, 0.2) is 0 Å². The van der Waals surface area contributed by atoms with E-state index in [0.29, 0.717) is 6.54 Å². The summed E-state index contributed by atoms with van der Waals surface area (Å²) in [7, 11) is 0. The van der Waals surface area contributed by atoms with Crippen molar-refractivity contribution in [2.45, 2.75) is 13.8 Å². The minimum atomic E-state index is -1.09. The van der Waals surface area contributed by atoms with E-state index in [9.17, 15) is 9.59 Å². The summed E-state index contributed by atoms with van der Waals surface area (Å²) in [6.45, 7) is 7.24. The predicted octanol–water partition coefficient (Wildman–Crippen LogP) is 1.46. The predicted molar refractivity (Wildman–Crippen MR) is 73.5 cm³/mol. The first kappa shape index (κ1) is 15.2. The van der Waals surface area contributed by atoms with E-state index >= 15 is 0 Å². The van der Waals surface area contributed by atoms with Crippen LogP contribution in [0.25, 0.3) is 0 Å². The number of likely N-dealkylation sites (N-methyl/N-ethyl adjacent to an activating group) is 1. The van der Waals surface area contributed by atoms with Crippen LogP contribution < -0.4 is 5.32 Å². The topological polar surface area (TPSA) is 69.6 Å². The number of carbonyl (C=O) groups is 2. The molecule has 0 heterocycles. The molecule has 104 valence electrons. The number of hydrogen-bond acceptors (Lipinski definition) is 3. The third-order valence-corrected chi connectivity index (χ3v) is 3.01. The van der Waals surface area contributed by atoms with Crippen molar-refractivity contribution in [3.63, 3.8) is 0 Å². The van der Waals surface area contributed by atoms with Gasteiger partial charge in [-0.1, -0.05) is 26.0 Å². The molecule has 0 aliphatic carbocycles. The highest BCUT2D eigenvalue weighted by atomic mass is 16.4. The molecule has 0 saturated carbocycles. The van der Waals surface area contributed by atoms with Crippen molar-refractivity contribution in [1.82, 2.24) is 10.2 Å². The zero-order valence-corrected chi connectivity index (χ0v) is 11.3. The van der Waals surface area contributed by atoms with Gasteiger partial charge in [-0.2, -0.15) is 0 Å². The first-order valence-corrected chi connectivity index (χ1v) is 6.43. The molecule has 2 N–H and O–H groups in total. The molecule has 0 bridgehead atoms. The summed E-state index contributed by atoms with van der Waals surface area (Å²) in [5.41, 5.74) is 0.234. The van der Waals surface area contributed by atoms with Crippen molar-refractivity contribution < 1.29 is 14.7 Å². The maximum absolute atomic E-state index is 11.9. The van der Waals surface area contributed by atoms with Crippen molar-refractivity contribution in [2.75, 3.05) is 26.2 Å². The van der Waals surface area contributed by atoms with Crippen LogP contribution in [0.4, 0.5) is 0 Å². The smallest absolute Gasteiger partial charge is 0.336 e. The number of carbonyl (C=O) groups excluding carboxylic acids is 1. The van der Waals surface area contributed by atoms with E-state index in [1.54, 1.807) is 12.1 Å². The second-order valence-corrected chi connectivity index (χ2v) is 4.13. The minimum Gasteiger partial charge on any atom is -0.478 e. The summed E-state index contributed by atoms with van der Waals surface area (Å²) >= 11 is 0. The van der Waals surface area contributed by atoms with Crippen molar-refractivity contribution >= 4 is 11.9 Å². The molecule has 0 fully saturated rings. The highest BCUT2D eigenvalue weighted by molar-refractivity contribution is 6.04. The van der Waals surface area contributed by atoms with E-state index in [1.807, 2.05) is 0 Å². The van der Waals surface area contributed by atoms with Crippen LogP contribution in [-0.4, -0.2) is 48.1 Å². The highest BCUT2D eigenvalue weighted by Crippen LogP contribution is 2.08. The second kappa shape index (κ2) is 7.53. The van der Waals surface area contributed by atoms with Gasteiger partial charge in [-0.25, -0.2) is 4.79 Å². The van der Waals surface area contributed by atoms with Crippen molar-refractivity contribution in [3.8, 4) is 0 Å². The Morgan fingerprint density at radius 2 is 1.74 bits per heavy atom. The lowest BCUT2D eigenvalue weighted by molar-refractivity contribution is 0.0691. The Balaban J connectivity index is 2.61. The van der Waals surface area contributed by atoms with E-state index in [2.05, 4.69) is 24.1 Å². The van der Waals surface area contributed by atoms with E-state index in [1.165, 1.54) is 12.1 Å². The average Bonchev–Trinajstić information content (AvgIpc) is 2.43. The zero-order valence-electron chi connectivity index (χ0n) is 11.3. The molecule has 0 spiro atoms. The summed E-state index contributed by atoms with van der Waals surface area (Å²) in [4.78, 5) is 25.1.